The number of hydrogen-bond donors (Lipinski definition) is 0. The van der Waals surface area contributed by atoms with Gasteiger partial charge in [0, 0.05) is 5.92 Å². The van der Waals surface area contributed by atoms with Crippen LogP contribution in [0.15, 0.2) is 24.3 Å². The minimum atomic E-state index is -4.91. The molecule has 0 N–H and O–H groups in total. The van der Waals surface area contributed by atoms with Gasteiger partial charge in [-0.05, 0) is 12.1 Å². The van der Waals surface area contributed by atoms with Crippen molar-refractivity contribution in [3.63, 3.8) is 0 Å². The Kier molecular flexibility index (Phi) is 6.01. The molecule has 1 aliphatic heterocycles. The molecule has 1 aliphatic rings. The van der Waals surface area contributed by atoms with Gasteiger partial charge in [-0.15, -0.1) is 5.46 Å². The largest absolute Gasteiger partial charge is 1.00 e. The topological polar surface area (TPSA) is 18.5 Å². The summed E-state index contributed by atoms with van der Waals surface area (Å²) in [6, 6.07) is 4.80. The van der Waals surface area contributed by atoms with Crippen LogP contribution in [0.3, 0.4) is 0 Å². The molecular weight excluding hydrogens is 259 g/mol. The van der Waals surface area contributed by atoms with Gasteiger partial charge in [0.25, 0.3) is 0 Å². The molecule has 2 nitrogen and oxygen atoms in total. The maximum atomic E-state index is 12.3. The summed E-state index contributed by atoms with van der Waals surface area (Å²) in [6.07, 6.45) is 0. The van der Waals surface area contributed by atoms with Gasteiger partial charge >= 0.3 is 58.4 Å². The average Bonchev–Trinajstić information content (AvgIpc) is 2.15. The Morgan fingerprint density at radius 1 is 1.18 bits per heavy atom. The Morgan fingerprint density at radius 3 is 2.18 bits per heavy atom. The molecule has 0 spiro atoms. The smallest absolute Gasteiger partial charge is 0.493 e. The van der Waals surface area contributed by atoms with Crippen LogP contribution in [0.25, 0.3) is 0 Å². The zero-order valence-electron chi connectivity index (χ0n) is 9.54. The molecule has 0 aromatic heterocycles. The quantitative estimate of drug-likeness (QED) is 0.638. The fourth-order valence-corrected chi connectivity index (χ4v) is 1.38. The van der Waals surface area contributed by atoms with Crippen molar-refractivity contribution in [2.24, 2.45) is 5.92 Å². The summed E-state index contributed by atoms with van der Waals surface area (Å²) in [7, 11) is 0. The molecular formula is C10H11BF3KO2. The van der Waals surface area contributed by atoms with E-state index in [-0.39, 0.29) is 51.4 Å². The van der Waals surface area contributed by atoms with Crippen molar-refractivity contribution in [1.29, 1.82) is 0 Å². The number of benzene rings is 1. The number of ether oxygens (including phenoxy) is 2. The van der Waals surface area contributed by atoms with Gasteiger partial charge in [-0.1, -0.05) is 12.1 Å². The number of hydrogen-bond acceptors (Lipinski definition) is 2. The minimum Gasteiger partial charge on any atom is -0.493 e. The first-order chi connectivity index (χ1) is 7.55. The third-order valence-corrected chi connectivity index (χ3v) is 2.45. The van der Waals surface area contributed by atoms with Gasteiger partial charge in [-0.25, -0.2) is 0 Å². The molecule has 0 radical (unpaired) electrons. The van der Waals surface area contributed by atoms with Crippen LogP contribution < -0.4 is 61.6 Å². The van der Waals surface area contributed by atoms with Crippen molar-refractivity contribution in [2.75, 3.05) is 19.8 Å². The second kappa shape index (κ2) is 6.58. The molecule has 0 saturated carbocycles. The first-order valence-corrected chi connectivity index (χ1v) is 5.06. The van der Waals surface area contributed by atoms with Gasteiger partial charge in [-0.3, -0.25) is 0 Å². The molecule has 1 fully saturated rings. The van der Waals surface area contributed by atoms with Gasteiger partial charge in [0.05, 0.1) is 19.8 Å². The van der Waals surface area contributed by atoms with Crippen molar-refractivity contribution >= 4 is 12.4 Å². The third-order valence-electron chi connectivity index (χ3n) is 2.45. The predicted octanol–water partition coefficient (Wildman–Crippen LogP) is -1.23. The van der Waals surface area contributed by atoms with Gasteiger partial charge < -0.3 is 22.4 Å². The Labute approximate surface area is 140 Å². The second-order valence-corrected chi connectivity index (χ2v) is 3.86. The van der Waals surface area contributed by atoms with Gasteiger partial charge in [-0.2, -0.15) is 0 Å². The Morgan fingerprint density at radius 2 is 1.76 bits per heavy atom. The van der Waals surface area contributed by atoms with E-state index in [1.54, 1.807) is 0 Å². The van der Waals surface area contributed by atoms with Gasteiger partial charge in [0.1, 0.15) is 5.75 Å². The third kappa shape index (κ3) is 4.57. The van der Waals surface area contributed by atoms with E-state index in [0.29, 0.717) is 31.5 Å². The van der Waals surface area contributed by atoms with Crippen LogP contribution in [0.1, 0.15) is 0 Å². The summed E-state index contributed by atoms with van der Waals surface area (Å²) in [6.45, 7) is -3.08. The Balaban J connectivity index is 0.00000144. The van der Waals surface area contributed by atoms with E-state index in [4.69, 9.17) is 9.47 Å². The summed E-state index contributed by atoms with van der Waals surface area (Å²) < 4.78 is 47.2. The molecule has 0 unspecified atom stereocenters. The average molecular weight is 270 g/mol. The summed E-state index contributed by atoms with van der Waals surface area (Å²) in [5.41, 5.74) is -0.598. The fraction of sp³-hybridized carbons (Fsp3) is 0.400. The summed E-state index contributed by atoms with van der Waals surface area (Å²) >= 11 is 0. The fourth-order valence-electron chi connectivity index (χ4n) is 1.38. The minimum absolute atomic E-state index is 0. The first-order valence-electron chi connectivity index (χ1n) is 5.06. The maximum Gasteiger partial charge on any atom is 1.00 e. The van der Waals surface area contributed by atoms with Crippen LogP contribution in [-0.2, 0) is 4.74 Å². The summed E-state index contributed by atoms with van der Waals surface area (Å²) in [5.74, 6) is 0.835. The van der Waals surface area contributed by atoms with Crippen LogP contribution in [0.2, 0.25) is 0 Å². The first kappa shape index (κ1) is 15.5. The zero-order chi connectivity index (χ0) is 11.6. The van der Waals surface area contributed by atoms with Gasteiger partial charge in [0.15, 0.2) is 0 Å². The van der Waals surface area contributed by atoms with Crippen LogP contribution in [0, 0.1) is 5.92 Å². The summed E-state index contributed by atoms with van der Waals surface area (Å²) in [5, 5.41) is 0. The molecule has 88 valence electrons. The van der Waals surface area contributed by atoms with E-state index >= 15 is 0 Å². The van der Waals surface area contributed by atoms with Crippen LogP contribution in [-0.4, -0.2) is 26.8 Å². The standard InChI is InChI=1S/C10H11BF3O2.K/c12-11(13,14)9-1-3-10(4-2-9)16-7-8-5-15-6-8;/h1-4,8H,5-7H2;/q-1;+1. The van der Waals surface area contributed by atoms with Crippen molar-refractivity contribution in [2.45, 2.75) is 0 Å². The Bertz CT molecular complexity index is 352. The summed E-state index contributed by atoms with van der Waals surface area (Å²) in [4.78, 5) is 0. The van der Waals surface area contributed by atoms with E-state index in [1.807, 2.05) is 0 Å². The molecule has 0 amide bonds. The molecule has 1 aromatic carbocycles. The normalized spacial score (nSPS) is 15.9. The van der Waals surface area contributed by atoms with Crippen LogP contribution in [0.4, 0.5) is 12.9 Å². The SMILES string of the molecule is F[B-](F)(F)c1ccc(OCC2COC2)cc1.[K+]. The van der Waals surface area contributed by atoms with Gasteiger partial charge in [0.2, 0.25) is 0 Å². The van der Waals surface area contributed by atoms with E-state index in [2.05, 4.69) is 0 Å². The molecule has 17 heavy (non-hydrogen) atoms. The molecule has 2 rings (SSSR count). The van der Waals surface area contributed by atoms with Crippen molar-refractivity contribution in [3.05, 3.63) is 24.3 Å². The molecule has 0 bridgehead atoms. The molecule has 1 heterocycles. The second-order valence-electron chi connectivity index (χ2n) is 3.86. The number of rotatable bonds is 4. The predicted molar refractivity (Wildman–Crippen MR) is 55.0 cm³/mol. The van der Waals surface area contributed by atoms with Crippen molar-refractivity contribution in [3.8, 4) is 5.75 Å². The van der Waals surface area contributed by atoms with Crippen LogP contribution in [0.5, 0.6) is 5.75 Å². The van der Waals surface area contributed by atoms with Crippen LogP contribution >= 0.6 is 0 Å². The van der Waals surface area contributed by atoms with Crippen molar-refractivity contribution in [1.82, 2.24) is 0 Å². The van der Waals surface area contributed by atoms with E-state index in [9.17, 15) is 12.9 Å². The Hall–Kier alpha value is 0.471. The molecule has 1 aromatic rings. The number of halogens is 3. The zero-order valence-corrected chi connectivity index (χ0v) is 12.7. The molecule has 0 atom stereocenters. The monoisotopic (exact) mass is 270 g/mol. The van der Waals surface area contributed by atoms with E-state index < -0.39 is 12.4 Å². The molecule has 0 aliphatic carbocycles. The van der Waals surface area contributed by atoms with Crippen molar-refractivity contribution < 1.29 is 73.8 Å². The molecule has 7 heteroatoms. The van der Waals surface area contributed by atoms with E-state index in [0.717, 1.165) is 12.1 Å². The van der Waals surface area contributed by atoms with E-state index in [1.165, 1.54) is 12.1 Å². The maximum absolute atomic E-state index is 12.3. The molecule has 1 saturated heterocycles.